The van der Waals surface area contributed by atoms with E-state index in [9.17, 15) is 5.11 Å². The first kappa shape index (κ1) is 15.3. The molecule has 0 bridgehead atoms. The molecule has 6 heteroatoms. The van der Waals surface area contributed by atoms with Gasteiger partial charge in [0.2, 0.25) is 0 Å². The van der Waals surface area contributed by atoms with Crippen molar-refractivity contribution in [3.05, 3.63) is 52.3 Å². The fourth-order valence-electron chi connectivity index (χ4n) is 2.07. The molecule has 0 radical (unpaired) electrons. The van der Waals surface area contributed by atoms with E-state index in [0.717, 1.165) is 5.56 Å². The van der Waals surface area contributed by atoms with Crippen LogP contribution in [0.1, 0.15) is 5.56 Å². The molecule has 1 unspecified atom stereocenters. The lowest BCUT2D eigenvalue weighted by molar-refractivity contribution is 0.104. The maximum atomic E-state index is 10.0. The van der Waals surface area contributed by atoms with Crippen molar-refractivity contribution in [3.8, 4) is 0 Å². The molecule has 0 amide bonds. The summed E-state index contributed by atoms with van der Waals surface area (Å²) in [6, 6.07) is 7.41. The van der Waals surface area contributed by atoms with E-state index in [2.05, 4.69) is 5.10 Å². The molecule has 1 atom stereocenters. The van der Waals surface area contributed by atoms with Gasteiger partial charge in [-0.15, -0.1) is 0 Å². The minimum absolute atomic E-state index is 0.473. The lowest BCUT2D eigenvalue weighted by atomic mass is 10.2. The zero-order valence-corrected chi connectivity index (χ0v) is 12.7. The Morgan fingerprint density at radius 3 is 2.85 bits per heavy atom. The number of likely N-dealkylation sites (N-methyl/N-ethyl adjacent to an activating group) is 1. The van der Waals surface area contributed by atoms with Gasteiger partial charge in [0, 0.05) is 25.5 Å². The minimum Gasteiger partial charge on any atom is -0.390 e. The molecule has 108 valence electrons. The van der Waals surface area contributed by atoms with Crippen molar-refractivity contribution in [2.75, 3.05) is 13.6 Å². The van der Waals surface area contributed by atoms with Crippen LogP contribution in [0, 0.1) is 0 Å². The highest BCUT2D eigenvalue weighted by molar-refractivity contribution is 6.42. The second kappa shape index (κ2) is 7.09. The van der Waals surface area contributed by atoms with Crippen LogP contribution in [0.5, 0.6) is 0 Å². The highest BCUT2D eigenvalue weighted by atomic mass is 35.5. The van der Waals surface area contributed by atoms with E-state index in [1.54, 1.807) is 16.9 Å². The van der Waals surface area contributed by atoms with Crippen LogP contribution in [-0.2, 0) is 13.1 Å². The topological polar surface area (TPSA) is 41.3 Å². The second-order valence-electron chi connectivity index (χ2n) is 4.79. The first-order valence-corrected chi connectivity index (χ1v) is 7.09. The molecule has 0 fully saturated rings. The molecule has 0 spiro atoms. The summed E-state index contributed by atoms with van der Waals surface area (Å²) in [7, 11) is 1.93. The summed E-state index contributed by atoms with van der Waals surface area (Å²) < 4.78 is 1.71. The molecule has 2 rings (SSSR count). The lowest BCUT2D eigenvalue weighted by Gasteiger charge is -2.21. The molecule has 1 heterocycles. The number of halogens is 2. The molecule has 0 aliphatic carbocycles. The number of aromatic nitrogens is 2. The number of hydrogen-bond acceptors (Lipinski definition) is 3. The summed E-state index contributed by atoms with van der Waals surface area (Å²) in [6.45, 7) is 1.64. The average molecular weight is 314 g/mol. The van der Waals surface area contributed by atoms with E-state index < -0.39 is 6.10 Å². The van der Waals surface area contributed by atoms with Gasteiger partial charge in [-0.05, 0) is 24.7 Å². The zero-order chi connectivity index (χ0) is 14.5. The Kier molecular flexibility index (Phi) is 5.43. The molecule has 1 aromatic carbocycles. The Hall–Kier alpha value is -1.07. The van der Waals surface area contributed by atoms with Crippen molar-refractivity contribution >= 4 is 23.2 Å². The molecule has 0 saturated heterocycles. The summed E-state index contributed by atoms with van der Waals surface area (Å²) in [6.07, 6.45) is 3.04. The number of hydrogen-bond donors (Lipinski definition) is 1. The molecule has 1 N–H and O–H groups in total. The normalized spacial score (nSPS) is 12.8. The van der Waals surface area contributed by atoms with Crippen LogP contribution in [0.2, 0.25) is 10.0 Å². The molecule has 2 aromatic rings. The molecule has 0 aliphatic rings. The van der Waals surface area contributed by atoms with Gasteiger partial charge in [0.1, 0.15) is 0 Å². The van der Waals surface area contributed by atoms with Gasteiger partial charge in [-0.1, -0.05) is 35.3 Å². The van der Waals surface area contributed by atoms with Gasteiger partial charge in [-0.3, -0.25) is 9.58 Å². The predicted octanol–water partition coefficient (Wildman–Crippen LogP) is 2.68. The van der Waals surface area contributed by atoms with Crippen LogP contribution >= 0.6 is 23.2 Å². The van der Waals surface area contributed by atoms with Gasteiger partial charge in [-0.25, -0.2) is 0 Å². The van der Waals surface area contributed by atoms with Crippen LogP contribution in [0.25, 0.3) is 0 Å². The molecule has 1 aromatic heterocycles. The second-order valence-corrected chi connectivity index (χ2v) is 5.58. The third kappa shape index (κ3) is 4.21. The predicted molar refractivity (Wildman–Crippen MR) is 81.0 cm³/mol. The molecule has 4 nitrogen and oxygen atoms in total. The van der Waals surface area contributed by atoms with Crippen molar-refractivity contribution in [1.82, 2.24) is 14.7 Å². The molecular formula is C14H17Cl2N3O. The van der Waals surface area contributed by atoms with Crippen molar-refractivity contribution in [2.24, 2.45) is 0 Å². The fraction of sp³-hybridized carbons (Fsp3) is 0.357. The summed E-state index contributed by atoms with van der Waals surface area (Å²) in [4.78, 5) is 2.01. The van der Waals surface area contributed by atoms with Crippen LogP contribution in [0.4, 0.5) is 0 Å². The van der Waals surface area contributed by atoms with Crippen molar-refractivity contribution in [3.63, 3.8) is 0 Å². The van der Waals surface area contributed by atoms with Gasteiger partial charge in [0.15, 0.2) is 0 Å². The minimum atomic E-state index is -0.488. The van der Waals surface area contributed by atoms with Crippen molar-refractivity contribution in [1.29, 1.82) is 0 Å². The van der Waals surface area contributed by atoms with Gasteiger partial charge < -0.3 is 5.11 Å². The SMILES string of the molecule is CN(Cc1cccc(Cl)c1Cl)CC(O)Cn1cccn1. The van der Waals surface area contributed by atoms with E-state index in [1.807, 2.05) is 36.3 Å². The first-order chi connectivity index (χ1) is 9.56. The van der Waals surface area contributed by atoms with Crippen LogP contribution in [-0.4, -0.2) is 39.5 Å². The Morgan fingerprint density at radius 1 is 1.35 bits per heavy atom. The smallest absolute Gasteiger partial charge is 0.0862 e. The Bertz CT molecular complexity index is 545. The molecule has 20 heavy (non-hydrogen) atoms. The average Bonchev–Trinajstić information content (AvgIpc) is 2.87. The maximum absolute atomic E-state index is 10.0. The summed E-state index contributed by atoms with van der Waals surface area (Å²) >= 11 is 12.1. The highest BCUT2D eigenvalue weighted by Crippen LogP contribution is 2.26. The Balaban J connectivity index is 1.88. The van der Waals surface area contributed by atoms with E-state index >= 15 is 0 Å². The van der Waals surface area contributed by atoms with E-state index in [4.69, 9.17) is 23.2 Å². The highest BCUT2D eigenvalue weighted by Gasteiger charge is 2.12. The van der Waals surface area contributed by atoms with Crippen molar-refractivity contribution < 1.29 is 5.11 Å². The van der Waals surface area contributed by atoms with Crippen LogP contribution < -0.4 is 0 Å². The third-order valence-electron chi connectivity index (χ3n) is 2.95. The monoisotopic (exact) mass is 313 g/mol. The van der Waals surface area contributed by atoms with Gasteiger partial charge in [-0.2, -0.15) is 5.10 Å². The van der Waals surface area contributed by atoms with E-state index in [0.29, 0.717) is 29.7 Å². The third-order valence-corrected chi connectivity index (χ3v) is 3.81. The summed E-state index contributed by atoms with van der Waals surface area (Å²) in [5, 5.41) is 15.2. The molecule has 0 aliphatic heterocycles. The zero-order valence-electron chi connectivity index (χ0n) is 11.2. The Labute approximate surface area is 128 Å². The van der Waals surface area contributed by atoms with Crippen LogP contribution in [0.15, 0.2) is 36.7 Å². The largest absolute Gasteiger partial charge is 0.390 e. The number of aliphatic hydroxyl groups excluding tert-OH is 1. The van der Waals surface area contributed by atoms with E-state index in [1.165, 1.54) is 0 Å². The quantitative estimate of drug-likeness (QED) is 0.891. The van der Waals surface area contributed by atoms with Gasteiger partial charge >= 0.3 is 0 Å². The van der Waals surface area contributed by atoms with Gasteiger partial charge in [0.25, 0.3) is 0 Å². The maximum Gasteiger partial charge on any atom is 0.0862 e. The fourth-order valence-corrected chi connectivity index (χ4v) is 2.45. The lowest BCUT2D eigenvalue weighted by Crippen LogP contribution is -2.32. The summed E-state index contributed by atoms with van der Waals surface area (Å²) in [5.74, 6) is 0. The van der Waals surface area contributed by atoms with Gasteiger partial charge in [0.05, 0.1) is 22.7 Å². The number of nitrogens with zero attached hydrogens (tertiary/aromatic N) is 3. The Morgan fingerprint density at radius 2 is 2.15 bits per heavy atom. The molecule has 0 saturated carbocycles. The number of rotatable bonds is 6. The first-order valence-electron chi connectivity index (χ1n) is 6.33. The van der Waals surface area contributed by atoms with E-state index in [-0.39, 0.29) is 0 Å². The molecular weight excluding hydrogens is 297 g/mol. The number of benzene rings is 1. The number of aliphatic hydroxyl groups is 1. The van der Waals surface area contributed by atoms with Crippen LogP contribution in [0.3, 0.4) is 0 Å². The van der Waals surface area contributed by atoms with Crippen molar-refractivity contribution in [2.45, 2.75) is 19.2 Å². The standard InChI is InChI=1S/C14H17Cl2N3O/c1-18(8-11-4-2-5-13(15)14(11)16)9-12(20)10-19-7-3-6-17-19/h2-7,12,20H,8-10H2,1H3. The summed E-state index contributed by atoms with van der Waals surface area (Å²) in [5.41, 5.74) is 0.952.